The highest BCUT2D eigenvalue weighted by Gasteiger charge is 2.11. The molecule has 0 aliphatic carbocycles. The van der Waals surface area contributed by atoms with Crippen molar-refractivity contribution >= 4 is 0 Å². The molecule has 0 amide bonds. The van der Waals surface area contributed by atoms with E-state index in [0.717, 1.165) is 0 Å². The van der Waals surface area contributed by atoms with Gasteiger partial charge in [-0.2, -0.15) is 0 Å². The van der Waals surface area contributed by atoms with E-state index >= 15 is 0 Å². The summed E-state index contributed by atoms with van der Waals surface area (Å²) in [5.74, 6) is 5.40. The highest BCUT2D eigenvalue weighted by atomic mass is 15.4. The zero-order chi connectivity index (χ0) is 6.08. The summed E-state index contributed by atoms with van der Waals surface area (Å²) in [6.07, 6.45) is 0. The van der Waals surface area contributed by atoms with Crippen molar-refractivity contribution in [3.05, 3.63) is 0 Å². The molecule has 0 saturated carbocycles. The van der Waals surface area contributed by atoms with Crippen LogP contribution in [0.25, 0.3) is 0 Å². The van der Waals surface area contributed by atoms with E-state index in [-0.39, 0.29) is 5.54 Å². The molecule has 0 spiro atoms. The van der Waals surface area contributed by atoms with E-state index in [1.54, 1.807) is 5.01 Å². The second-order valence-electron chi connectivity index (χ2n) is 2.78. The minimum atomic E-state index is 0.111. The standard InChI is InChI=1S/C5H14N2/c1-5(2,3)7(4)6/h6H2,1-4H3. The lowest BCUT2D eigenvalue weighted by atomic mass is 10.1. The molecule has 7 heavy (non-hydrogen) atoms. The first kappa shape index (κ1) is 6.92. The monoisotopic (exact) mass is 102 g/mol. The van der Waals surface area contributed by atoms with Crippen LogP contribution in [0.3, 0.4) is 0 Å². The molecule has 0 bridgehead atoms. The summed E-state index contributed by atoms with van der Waals surface area (Å²) in [5.41, 5.74) is 0.111. The molecule has 0 aliphatic rings. The largest absolute Gasteiger partial charge is 0.269 e. The van der Waals surface area contributed by atoms with Crippen LogP contribution < -0.4 is 5.84 Å². The lowest BCUT2D eigenvalue weighted by Gasteiger charge is -2.26. The van der Waals surface area contributed by atoms with Gasteiger partial charge in [0, 0.05) is 12.6 Å². The highest BCUT2D eigenvalue weighted by Crippen LogP contribution is 2.03. The van der Waals surface area contributed by atoms with Crippen LogP contribution in [0.4, 0.5) is 0 Å². The lowest BCUT2D eigenvalue weighted by molar-refractivity contribution is 0.180. The third-order valence-electron chi connectivity index (χ3n) is 1.06. The van der Waals surface area contributed by atoms with Crippen molar-refractivity contribution in [2.45, 2.75) is 26.3 Å². The van der Waals surface area contributed by atoms with Crippen LogP contribution in [0, 0.1) is 0 Å². The predicted molar refractivity (Wildman–Crippen MR) is 31.7 cm³/mol. The Morgan fingerprint density at radius 3 is 1.43 bits per heavy atom. The Bertz CT molecular complexity index is 51.6. The molecule has 0 unspecified atom stereocenters. The topological polar surface area (TPSA) is 29.3 Å². The first-order chi connectivity index (χ1) is 2.94. The van der Waals surface area contributed by atoms with Gasteiger partial charge >= 0.3 is 0 Å². The van der Waals surface area contributed by atoms with Crippen LogP contribution >= 0.6 is 0 Å². The van der Waals surface area contributed by atoms with E-state index in [9.17, 15) is 0 Å². The Morgan fingerprint density at radius 2 is 1.43 bits per heavy atom. The van der Waals surface area contributed by atoms with Gasteiger partial charge in [-0.15, -0.1) is 0 Å². The smallest absolute Gasteiger partial charge is 0.0264 e. The van der Waals surface area contributed by atoms with Gasteiger partial charge in [-0.3, -0.25) is 5.84 Å². The van der Waals surface area contributed by atoms with Crippen LogP contribution in [-0.2, 0) is 0 Å². The Kier molecular flexibility index (Phi) is 1.78. The van der Waals surface area contributed by atoms with Crippen LogP contribution in [-0.4, -0.2) is 17.6 Å². The summed E-state index contributed by atoms with van der Waals surface area (Å²) >= 11 is 0. The molecule has 0 aliphatic heterocycles. The molecule has 0 fully saturated rings. The summed E-state index contributed by atoms with van der Waals surface area (Å²) in [4.78, 5) is 0. The third kappa shape index (κ3) is 2.60. The molecule has 0 aromatic heterocycles. The highest BCUT2D eigenvalue weighted by molar-refractivity contribution is 4.66. The predicted octanol–water partition coefficient (Wildman–Crippen LogP) is 0.590. The number of nitrogens with zero attached hydrogens (tertiary/aromatic N) is 1. The zero-order valence-electron chi connectivity index (χ0n) is 5.52. The maximum Gasteiger partial charge on any atom is 0.0264 e. The van der Waals surface area contributed by atoms with Gasteiger partial charge in [-0.05, 0) is 20.8 Å². The Hall–Kier alpha value is -0.0800. The fourth-order valence-electron chi connectivity index (χ4n) is 0. The van der Waals surface area contributed by atoms with Gasteiger partial charge in [0.1, 0.15) is 0 Å². The van der Waals surface area contributed by atoms with Crippen molar-refractivity contribution in [1.82, 2.24) is 5.01 Å². The molecule has 0 atom stereocenters. The summed E-state index contributed by atoms with van der Waals surface area (Å²) in [6, 6.07) is 0. The van der Waals surface area contributed by atoms with Gasteiger partial charge in [0.15, 0.2) is 0 Å². The summed E-state index contributed by atoms with van der Waals surface area (Å²) in [7, 11) is 1.86. The molecular weight excluding hydrogens is 88.1 g/mol. The SMILES string of the molecule is CN(N)C(C)(C)C. The van der Waals surface area contributed by atoms with Gasteiger partial charge in [0.05, 0.1) is 0 Å². The van der Waals surface area contributed by atoms with Crippen LogP contribution in [0.5, 0.6) is 0 Å². The average Bonchev–Trinajstić information content (AvgIpc) is 1.31. The average molecular weight is 102 g/mol. The Morgan fingerprint density at radius 1 is 1.29 bits per heavy atom. The van der Waals surface area contributed by atoms with E-state index in [1.807, 2.05) is 7.05 Å². The van der Waals surface area contributed by atoms with Crippen molar-refractivity contribution in [3.8, 4) is 0 Å². The number of rotatable bonds is 0. The second kappa shape index (κ2) is 1.80. The quantitative estimate of drug-likeness (QED) is 0.358. The van der Waals surface area contributed by atoms with Crippen LogP contribution in [0.15, 0.2) is 0 Å². The first-order valence-corrected chi connectivity index (χ1v) is 2.43. The van der Waals surface area contributed by atoms with Crippen molar-refractivity contribution < 1.29 is 0 Å². The van der Waals surface area contributed by atoms with E-state index in [4.69, 9.17) is 5.84 Å². The van der Waals surface area contributed by atoms with Crippen molar-refractivity contribution in [2.75, 3.05) is 7.05 Å². The van der Waals surface area contributed by atoms with E-state index < -0.39 is 0 Å². The van der Waals surface area contributed by atoms with Crippen molar-refractivity contribution in [1.29, 1.82) is 0 Å². The minimum absolute atomic E-state index is 0.111. The van der Waals surface area contributed by atoms with Gasteiger partial charge in [0.25, 0.3) is 0 Å². The Balaban J connectivity index is 3.54. The van der Waals surface area contributed by atoms with E-state index in [1.165, 1.54) is 0 Å². The van der Waals surface area contributed by atoms with Crippen LogP contribution in [0.1, 0.15) is 20.8 Å². The minimum Gasteiger partial charge on any atom is -0.269 e. The third-order valence-corrected chi connectivity index (χ3v) is 1.06. The normalized spacial score (nSPS) is 12.9. The molecule has 44 valence electrons. The molecule has 0 aromatic carbocycles. The molecule has 2 nitrogen and oxygen atoms in total. The van der Waals surface area contributed by atoms with E-state index in [2.05, 4.69) is 20.8 Å². The Labute approximate surface area is 45.3 Å². The fraction of sp³-hybridized carbons (Fsp3) is 1.00. The maximum atomic E-state index is 5.40. The van der Waals surface area contributed by atoms with Gasteiger partial charge in [-0.25, -0.2) is 5.01 Å². The number of nitrogens with two attached hydrogens (primary N) is 1. The van der Waals surface area contributed by atoms with Gasteiger partial charge in [0.2, 0.25) is 0 Å². The summed E-state index contributed by atoms with van der Waals surface area (Å²) in [6.45, 7) is 6.19. The molecule has 2 heteroatoms. The molecule has 0 rings (SSSR count). The molecule has 0 heterocycles. The number of hydrazine groups is 1. The molecule has 0 aromatic rings. The van der Waals surface area contributed by atoms with Gasteiger partial charge < -0.3 is 0 Å². The molecule has 2 N–H and O–H groups in total. The van der Waals surface area contributed by atoms with Crippen LogP contribution in [0.2, 0.25) is 0 Å². The first-order valence-electron chi connectivity index (χ1n) is 2.43. The zero-order valence-corrected chi connectivity index (χ0v) is 5.52. The number of hydrogen-bond donors (Lipinski definition) is 1. The fourth-order valence-corrected chi connectivity index (χ4v) is 0. The lowest BCUT2D eigenvalue weighted by Crippen LogP contribution is -2.43. The molecule has 0 radical (unpaired) electrons. The van der Waals surface area contributed by atoms with Crippen molar-refractivity contribution in [2.24, 2.45) is 5.84 Å². The van der Waals surface area contributed by atoms with Crippen molar-refractivity contribution in [3.63, 3.8) is 0 Å². The van der Waals surface area contributed by atoms with Gasteiger partial charge in [-0.1, -0.05) is 0 Å². The summed E-state index contributed by atoms with van der Waals surface area (Å²) in [5, 5.41) is 1.69. The van der Waals surface area contributed by atoms with E-state index in [0.29, 0.717) is 0 Å². The molecule has 0 saturated heterocycles. The molecular formula is C5H14N2. The summed E-state index contributed by atoms with van der Waals surface area (Å²) < 4.78 is 0. The second-order valence-corrected chi connectivity index (χ2v) is 2.78. The number of hydrogen-bond acceptors (Lipinski definition) is 2. The maximum absolute atomic E-state index is 5.40.